The second-order valence-electron chi connectivity index (χ2n) is 6.00. The second-order valence-corrected chi connectivity index (χ2v) is 6.89. The molecule has 4 nitrogen and oxygen atoms in total. The van der Waals surface area contributed by atoms with Crippen LogP contribution in [0.1, 0.15) is 35.9 Å². The van der Waals surface area contributed by atoms with E-state index in [0.717, 1.165) is 24.3 Å². The van der Waals surface area contributed by atoms with Crippen molar-refractivity contribution in [1.82, 2.24) is 10.3 Å². The topological polar surface area (TPSA) is 45.2 Å². The molecule has 5 heteroatoms. The van der Waals surface area contributed by atoms with Crippen LogP contribution in [0.2, 0.25) is 0 Å². The molecular formula is C17H19N3OS. The summed E-state index contributed by atoms with van der Waals surface area (Å²) in [6.07, 6.45) is 3.43. The number of carbonyl (C=O) groups excluding carboxylic acids is 1. The molecule has 2 aliphatic rings. The SMILES string of the molecule is O=C1C(NCc2csc(C3CC3)n2)CCN1c1ccccc1. The molecule has 0 bridgehead atoms. The zero-order chi connectivity index (χ0) is 14.9. The molecule has 114 valence electrons. The quantitative estimate of drug-likeness (QED) is 0.923. The summed E-state index contributed by atoms with van der Waals surface area (Å²) in [5, 5.41) is 6.76. The van der Waals surface area contributed by atoms with Crippen LogP contribution in [-0.2, 0) is 11.3 Å². The summed E-state index contributed by atoms with van der Waals surface area (Å²) in [6.45, 7) is 1.47. The Morgan fingerprint density at radius 3 is 2.82 bits per heavy atom. The monoisotopic (exact) mass is 313 g/mol. The van der Waals surface area contributed by atoms with Gasteiger partial charge >= 0.3 is 0 Å². The Morgan fingerprint density at radius 2 is 2.05 bits per heavy atom. The highest BCUT2D eigenvalue weighted by Gasteiger charge is 2.32. The maximum absolute atomic E-state index is 12.5. The van der Waals surface area contributed by atoms with Crippen molar-refractivity contribution in [1.29, 1.82) is 0 Å². The van der Waals surface area contributed by atoms with Crippen LogP contribution in [0, 0.1) is 0 Å². The molecule has 1 aromatic carbocycles. The number of amides is 1. The molecule has 4 rings (SSSR count). The van der Waals surface area contributed by atoms with Crippen molar-refractivity contribution in [3.8, 4) is 0 Å². The van der Waals surface area contributed by atoms with E-state index in [1.807, 2.05) is 35.2 Å². The molecule has 2 fully saturated rings. The molecule has 1 amide bonds. The number of anilines is 1. The fraction of sp³-hybridized carbons (Fsp3) is 0.412. The van der Waals surface area contributed by atoms with Gasteiger partial charge in [0.1, 0.15) is 0 Å². The van der Waals surface area contributed by atoms with Crippen LogP contribution in [-0.4, -0.2) is 23.5 Å². The summed E-state index contributed by atoms with van der Waals surface area (Å²) in [7, 11) is 0. The lowest BCUT2D eigenvalue weighted by molar-refractivity contribution is -0.118. The van der Waals surface area contributed by atoms with Gasteiger partial charge in [-0.1, -0.05) is 18.2 Å². The van der Waals surface area contributed by atoms with Crippen LogP contribution >= 0.6 is 11.3 Å². The number of nitrogens with zero attached hydrogens (tertiary/aromatic N) is 2. The molecule has 1 unspecified atom stereocenters. The minimum atomic E-state index is -0.0914. The number of rotatable bonds is 5. The second kappa shape index (κ2) is 5.82. The number of aromatic nitrogens is 1. The minimum Gasteiger partial charge on any atom is -0.311 e. The van der Waals surface area contributed by atoms with Crippen LogP contribution < -0.4 is 10.2 Å². The van der Waals surface area contributed by atoms with Gasteiger partial charge in [0.05, 0.1) is 16.7 Å². The summed E-state index contributed by atoms with van der Waals surface area (Å²) >= 11 is 1.75. The third-order valence-electron chi connectivity index (χ3n) is 4.30. The van der Waals surface area contributed by atoms with E-state index in [2.05, 4.69) is 15.7 Å². The Balaban J connectivity index is 1.36. The first kappa shape index (κ1) is 13.9. The summed E-state index contributed by atoms with van der Waals surface area (Å²) in [5.41, 5.74) is 2.05. The van der Waals surface area contributed by atoms with E-state index < -0.39 is 0 Å². The molecule has 1 aromatic heterocycles. The first-order chi connectivity index (χ1) is 10.8. The normalized spacial score (nSPS) is 21.5. The van der Waals surface area contributed by atoms with Gasteiger partial charge in [0.15, 0.2) is 0 Å². The molecule has 1 aliphatic carbocycles. The largest absolute Gasteiger partial charge is 0.311 e. The van der Waals surface area contributed by atoms with E-state index >= 15 is 0 Å². The van der Waals surface area contributed by atoms with E-state index in [-0.39, 0.29) is 11.9 Å². The highest BCUT2D eigenvalue weighted by Crippen LogP contribution is 2.41. The van der Waals surface area contributed by atoms with Crippen molar-refractivity contribution in [3.05, 3.63) is 46.4 Å². The van der Waals surface area contributed by atoms with Gasteiger partial charge in [-0.3, -0.25) is 4.79 Å². The molecule has 22 heavy (non-hydrogen) atoms. The van der Waals surface area contributed by atoms with Crippen LogP contribution in [0.5, 0.6) is 0 Å². The van der Waals surface area contributed by atoms with Crippen molar-refractivity contribution in [3.63, 3.8) is 0 Å². The molecule has 2 heterocycles. The van der Waals surface area contributed by atoms with Crippen molar-refractivity contribution in [2.75, 3.05) is 11.4 Å². The average Bonchev–Trinajstić information content (AvgIpc) is 3.18. The van der Waals surface area contributed by atoms with Gasteiger partial charge in [0.2, 0.25) is 5.91 Å². The lowest BCUT2D eigenvalue weighted by Gasteiger charge is -2.17. The van der Waals surface area contributed by atoms with Crippen LogP contribution in [0.3, 0.4) is 0 Å². The van der Waals surface area contributed by atoms with Gasteiger partial charge in [-0.2, -0.15) is 0 Å². The van der Waals surface area contributed by atoms with Crippen LogP contribution in [0.15, 0.2) is 35.7 Å². The molecule has 0 spiro atoms. The molecular weight excluding hydrogens is 294 g/mol. The maximum Gasteiger partial charge on any atom is 0.244 e. The van der Waals surface area contributed by atoms with Crippen molar-refractivity contribution in [2.45, 2.75) is 37.8 Å². The molecule has 1 aliphatic heterocycles. The standard InChI is InChI=1S/C17H19N3OS/c21-17-15(8-9-20(17)14-4-2-1-3-5-14)18-10-13-11-22-16(19-13)12-6-7-12/h1-5,11-12,15,18H,6-10H2. The zero-order valence-corrected chi connectivity index (χ0v) is 13.2. The molecule has 1 atom stereocenters. The maximum atomic E-state index is 12.5. The number of hydrogen-bond donors (Lipinski definition) is 1. The first-order valence-corrected chi connectivity index (χ1v) is 8.73. The predicted molar refractivity (Wildman–Crippen MR) is 88.1 cm³/mol. The van der Waals surface area contributed by atoms with E-state index in [9.17, 15) is 4.79 Å². The van der Waals surface area contributed by atoms with E-state index in [1.54, 1.807) is 11.3 Å². The fourth-order valence-corrected chi connectivity index (χ4v) is 3.87. The Hall–Kier alpha value is -1.72. The number of benzene rings is 1. The average molecular weight is 313 g/mol. The highest BCUT2D eigenvalue weighted by atomic mass is 32.1. The molecule has 1 N–H and O–H groups in total. The number of nitrogens with one attached hydrogen (secondary N) is 1. The Labute approximate surface area is 134 Å². The number of carbonyl (C=O) groups is 1. The number of hydrogen-bond acceptors (Lipinski definition) is 4. The number of thiazole rings is 1. The van der Waals surface area contributed by atoms with Gasteiger partial charge in [0, 0.05) is 30.1 Å². The highest BCUT2D eigenvalue weighted by molar-refractivity contribution is 7.09. The van der Waals surface area contributed by atoms with Crippen molar-refractivity contribution >= 4 is 22.9 Å². The number of para-hydroxylation sites is 1. The Bertz CT molecular complexity index is 666. The zero-order valence-electron chi connectivity index (χ0n) is 12.4. The van der Waals surface area contributed by atoms with Gasteiger partial charge in [-0.05, 0) is 31.4 Å². The van der Waals surface area contributed by atoms with Crippen LogP contribution in [0.4, 0.5) is 5.69 Å². The molecule has 2 aromatic rings. The lowest BCUT2D eigenvalue weighted by Crippen LogP contribution is -2.38. The fourth-order valence-electron chi connectivity index (χ4n) is 2.88. The van der Waals surface area contributed by atoms with Crippen molar-refractivity contribution in [2.24, 2.45) is 0 Å². The molecule has 0 radical (unpaired) electrons. The summed E-state index contributed by atoms with van der Waals surface area (Å²) in [4.78, 5) is 19.0. The first-order valence-electron chi connectivity index (χ1n) is 7.85. The summed E-state index contributed by atoms with van der Waals surface area (Å²) in [6, 6.07) is 9.80. The van der Waals surface area contributed by atoms with Crippen molar-refractivity contribution < 1.29 is 4.79 Å². The van der Waals surface area contributed by atoms with Crippen LogP contribution in [0.25, 0.3) is 0 Å². The van der Waals surface area contributed by atoms with E-state index in [0.29, 0.717) is 12.5 Å². The summed E-state index contributed by atoms with van der Waals surface area (Å²) < 4.78 is 0. The summed E-state index contributed by atoms with van der Waals surface area (Å²) in [5.74, 6) is 0.879. The third kappa shape index (κ3) is 2.78. The minimum absolute atomic E-state index is 0.0914. The van der Waals surface area contributed by atoms with Gasteiger partial charge < -0.3 is 10.2 Å². The van der Waals surface area contributed by atoms with Gasteiger partial charge in [0.25, 0.3) is 0 Å². The molecule has 1 saturated carbocycles. The predicted octanol–water partition coefficient (Wildman–Crippen LogP) is 2.92. The van der Waals surface area contributed by atoms with E-state index in [1.165, 1.54) is 17.8 Å². The van der Waals surface area contributed by atoms with Gasteiger partial charge in [-0.25, -0.2) is 4.98 Å². The Kier molecular flexibility index (Phi) is 3.68. The van der Waals surface area contributed by atoms with Gasteiger partial charge in [-0.15, -0.1) is 11.3 Å². The lowest BCUT2D eigenvalue weighted by atomic mass is 10.2. The third-order valence-corrected chi connectivity index (χ3v) is 5.36. The molecule has 1 saturated heterocycles. The Morgan fingerprint density at radius 1 is 1.23 bits per heavy atom. The smallest absolute Gasteiger partial charge is 0.244 e. The van der Waals surface area contributed by atoms with E-state index in [4.69, 9.17) is 0 Å².